The van der Waals surface area contributed by atoms with Crippen LogP contribution in [0.1, 0.15) is 142 Å². The van der Waals surface area contributed by atoms with Crippen molar-refractivity contribution in [3.63, 3.8) is 0 Å². The lowest BCUT2D eigenvalue weighted by Crippen LogP contribution is -2.67. The quantitative estimate of drug-likeness (QED) is 0.0347. The molecule has 0 radical (unpaired) electrons. The summed E-state index contributed by atoms with van der Waals surface area (Å²) in [5, 5.41) is 139. The van der Waals surface area contributed by atoms with Gasteiger partial charge in [-0.1, -0.05) is 129 Å². The number of aliphatic hydroxyl groups excluding tert-OH is 13. The van der Waals surface area contributed by atoms with Crippen LogP contribution < -0.4 is 0 Å². The number of rotatable bonds is 38. The molecule has 0 unspecified atom stereocenters. The molecule has 4 aliphatic rings. The van der Waals surface area contributed by atoms with Gasteiger partial charge < -0.3 is 114 Å². The highest BCUT2D eigenvalue weighted by molar-refractivity contribution is 4.98. The summed E-state index contributed by atoms with van der Waals surface area (Å²) in [6.07, 6.45) is -12.1. The first-order valence-corrected chi connectivity index (χ1v) is 27.7. The predicted octanol–water partition coefficient (Wildman–Crippen LogP) is -0.481. The standard InChI is InChI=1S/C51H96O23/c1-3-5-7-9-11-13-15-17-19-21-23-65-29-31(30-66-24-22-20-18-16-14-12-10-8-6-4-2)67-48-42(62)38(58)45(33(26-53)69-48)73-50-44(64)40(60)47(35(28-55)71-50)74-51-43(63)39(59)46(34(27-54)70-51)72-49-41(61)37(57)36(56)32(25-52)68-49/h31-64H,3-30H2,1-2H3/t32-,33-,34-,35-,36-,37+,38-,39-,40-,41-,42-,43-,44-,45-,46-,47-,48-,49+,50+,51+/m1/s1. The van der Waals surface area contributed by atoms with Gasteiger partial charge in [0.15, 0.2) is 25.2 Å². The van der Waals surface area contributed by atoms with Crippen molar-refractivity contribution in [2.24, 2.45) is 0 Å². The van der Waals surface area contributed by atoms with Crippen molar-refractivity contribution in [1.82, 2.24) is 0 Å². The molecule has 0 spiro atoms. The lowest BCUT2D eigenvalue weighted by atomic mass is 9.95. The molecule has 23 nitrogen and oxygen atoms in total. The van der Waals surface area contributed by atoms with Gasteiger partial charge in [0.05, 0.1) is 39.6 Å². The first-order valence-electron chi connectivity index (χ1n) is 27.7. The van der Waals surface area contributed by atoms with Gasteiger partial charge in [-0.3, -0.25) is 0 Å². The molecule has 13 N–H and O–H groups in total. The summed E-state index contributed by atoms with van der Waals surface area (Å²) in [5.41, 5.74) is 0. The Hall–Kier alpha value is -0.920. The third kappa shape index (κ3) is 20.3. The average Bonchev–Trinajstić information content (AvgIpc) is 3.40. The van der Waals surface area contributed by atoms with Crippen molar-refractivity contribution in [2.75, 3.05) is 52.9 Å². The van der Waals surface area contributed by atoms with Crippen LogP contribution >= 0.6 is 0 Å². The molecule has 0 bridgehead atoms. The van der Waals surface area contributed by atoms with Gasteiger partial charge in [-0.15, -0.1) is 0 Å². The first-order chi connectivity index (χ1) is 35.8. The molecular weight excluding hydrogens is 981 g/mol. The van der Waals surface area contributed by atoms with E-state index in [1.54, 1.807) is 0 Å². The highest BCUT2D eigenvalue weighted by Crippen LogP contribution is 2.35. The summed E-state index contributed by atoms with van der Waals surface area (Å²) in [4.78, 5) is 0. The van der Waals surface area contributed by atoms with Crippen molar-refractivity contribution < 1.29 is 114 Å². The molecule has 4 rings (SSSR count). The zero-order valence-corrected chi connectivity index (χ0v) is 43.8. The summed E-state index contributed by atoms with van der Waals surface area (Å²) in [6, 6.07) is 0. The lowest BCUT2D eigenvalue weighted by Gasteiger charge is -2.49. The molecule has 0 saturated carbocycles. The van der Waals surface area contributed by atoms with E-state index in [1.807, 2.05) is 0 Å². The fourth-order valence-corrected chi connectivity index (χ4v) is 9.77. The van der Waals surface area contributed by atoms with Gasteiger partial charge >= 0.3 is 0 Å². The molecule has 0 amide bonds. The third-order valence-electron chi connectivity index (χ3n) is 14.4. The maximum atomic E-state index is 11.4. The second-order valence-electron chi connectivity index (χ2n) is 20.4. The fourth-order valence-electron chi connectivity index (χ4n) is 9.77. The van der Waals surface area contributed by atoms with E-state index in [0.717, 1.165) is 38.5 Å². The van der Waals surface area contributed by atoms with E-state index in [0.29, 0.717) is 13.2 Å². The van der Waals surface area contributed by atoms with E-state index in [9.17, 15) is 66.4 Å². The number of hydrogen-bond donors (Lipinski definition) is 13. The largest absolute Gasteiger partial charge is 0.394 e. The monoisotopic (exact) mass is 1080 g/mol. The van der Waals surface area contributed by atoms with E-state index in [2.05, 4.69) is 13.8 Å². The molecule has 23 heteroatoms. The summed E-state index contributed by atoms with van der Waals surface area (Å²) in [7, 11) is 0. The van der Waals surface area contributed by atoms with Crippen molar-refractivity contribution in [3.05, 3.63) is 0 Å². The molecule has 4 aliphatic heterocycles. The van der Waals surface area contributed by atoms with Gasteiger partial charge in [-0.25, -0.2) is 0 Å². The van der Waals surface area contributed by atoms with Crippen molar-refractivity contribution in [1.29, 1.82) is 0 Å². The number of ether oxygens (including phenoxy) is 10. The maximum Gasteiger partial charge on any atom is 0.187 e. The predicted molar refractivity (Wildman–Crippen MR) is 262 cm³/mol. The zero-order chi connectivity index (χ0) is 54.0. The molecule has 0 aliphatic carbocycles. The Morgan fingerprint density at radius 2 is 0.608 bits per heavy atom. The van der Waals surface area contributed by atoms with Gasteiger partial charge in [-0.05, 0) is 12.8 Å². The Bertz CT molecular complexity index is 1380. The van der Waals surface area contributed by atoms with Crippen LogP contribution in [0.15, 0.2) is 0 Å². The summed E-state index contributed by atoms with van der Waals surface area (Å²) >= 11 is 0. The van der Waals surface area contributed by atoms with E-state index in [-0.39, 0.29) is 13.2 Å². The SMILES string of the molecule is CCCCCCCCCCCCOCC(COCCCCCCCCCCCC)O[C@@H]1O[C@H](CO)[C@@H](O[C@@H]2O[C@H](CO)[C@@H](O[C@@H]3O[C@H](CO)[C@@H](O[C@@H]4O[C@H](CO)[C@@H](O)[C@H](O)[C@H]4O)[C@H](O)[C@H]3O)[C@H](O)[C@H]2O)[C@H](O)[C@H]1O. The van der Waals surface area contributed by atoms with E-state index >= 15 is 0 Å². The van der Waals surface area contributed by atoms with Crippen LogP contribution in [0.2, 0.25) is 0 Å². The van der Waals surface area contributed by atoms with Gasteiger partial charge in [0.25, 0.3) is 0 Å². The fraction of sp³-hybridized carbons (Fsp3) is 1.00. The summed E-state index contributed by atoms with van der Waals surface area (Å²) in [6.45, 7) is 2.26. The second kappa shape index (κ2) is 36.4. The van der Waals surface area contributed by atoms with Gasteiger partial charge in [-0.2, -0.15) is 0 Å². The summed E-state index contributed by atoms with van der Waals surface area (Å²) < 4.78 is 58.1. The Morgan fingerprint density at radius 1 is 0.324 bits per heavy atom. The van der Waals surface area contributed by atoms with Crippen LogP contribution in [0.25, 0.3) is 0 Å². The molecule has 438 valence electrons. The number of unbranched alkanes of at least 4 members (excludes halogenated alkanes) is 18. The molecule has 4 saturated heterocycles. The minimum atomic E-state index is -2.03. The molecule has 0 aromatic heterocycles. The summed E-state index contributed by atoms with van der Waals surface area (Å²) in [5.74, 6) is 0. The van der Waals surface area contributed by atoms with Crippen molar-refractivity contribution in [3.8, 4) is 0 Å². The third-order valence-corrected chi connectivity index (χ3v) is 14.4. The van der Waals surface area contributed by atoms with E-state index in [4.69, 9.17) is 47.4 Å². The number of hydrogen-bond acceptors (Lipinski definition) is 23. The number of aliphatic hydroxyl groups is 13. The van der Waals surface area contributed by atoms with Crippen LogP contribution in [0, 0.1) is 0 Å². The average molecular weight is 1080 g/mol. The second-order valence-corrected chi connectivity index (χ2v) is 20.4. The van der Waals surface area contributed by atoms with Gasteiger partial charge in [0.2, 0.25) is 0 Å². The van der Waals surface area contributed by atoms with Gasteiger partial charge in [0, 0.05) is 13.2 Å². The molecule has 74 heavy (non-hydrogen) atoms. The molecule has 4 fully saturated rings. The normalized spacial score (nSPS) is 37.0. The molecule has 0 aromatic carbocycles. The Balaban J connectivity index is 1.31. The molecule has 4 heterocycles. The van der Waals surface area contributed by atoms with Crippen LogP contribution in [-0.2, 0) is 47.4 Å². The Labute approximate surface area is 436 Å². The lowest BCUT2D eigenvalue weighted by molar-refractivity contribution is -0.389. The minimum Gasteiger partial charge on any atom is -0.394 e. The molecule has 20 atom stereocenters. The van der Waals surface area contributed by atoms with Crippen molar-refractivity contribution in [2.45, 2.75) is 271 Å². The van der Waals surface area contributed by atoms with E-state index in [1.165, 1.54) is 89.9 Å². The van der Waals surface area contributed by atoms with Gasteiger partial charge in [0.1, 0.15) is 104 Å². The highest BCUT2D eigenvalue weighted by Gasteiger charge is 2.55. The van der Waals surface area contributed by atoms with Crippen LogP contribution in [0.5, 0.6) is 0 Å². The maximum absolute atomic E-state index is 11.4. The van der Waals surface area contributed by atoms with E-state index < -0.39 is 155 Å². The minimum absolute atomic E-state index is 0.104. The van der Waals surface area contributed by atoms with Crippen LogP contribution in [0.3, 0.4) is 0 Å². The topological polar surface area (TPSA) is 355 Å². The molecular formula is C51H96O23. The smallest absolute Gasteiger partial charge is 0.187 e. The van der Waals surface area contributed by atoms with Crippen LogP contribution in [-0.4, -0.2) is 248 Å². The van der Waals surface area contributed by atoms with Crippen LogP contribution in [0.4, 0.5) is 0 Å². The Kier molecular flexibility index (Phi) is 32.2. The highest BCUT2D eigenvalue weighted by atomic mass is 16.8. The first kappa shape index (κ1) is 65.6. The van der Waals surface area contributed by atoms with Crippen molar-refractivity contribution >= 4 is 0 Å². The zero-order valence-electron chi connectivity index (χ0n) is 43.8. The Morgan fingerprint density at radius 3 is 0.946 bits per heavy atom. The molecule has 0 aromatic rings.